The third kappa shape index (κ3) is 1.80. The number of nitrogens with one attached hydrogen (secondary N) is 1. The van der Waals surface area contributed by atoms with E-state index in [1.807, 2.05) is 19.9 Å². The number of benzene rings is 1. The van der Waals surface area contributed by atoms with E-state index >= 15 is 0 Å². The van der Waals surface area contributed by atoms with E-state index in [0.29, 0.717) is 11.3 Å². The molecule has 0 unspecified atom stereocenters. The van der Waals surface area contributed by atoms with Crippen LogP contribution < -0.4 is 11.1 Å². The van der Waals surface area contributed by atoms with Gasteiger partial charge in [-0.1, -0.05) is 0 Å². The average molecular weight is 178 g/mol. The molecule has 0 saturated heterocycles. The number of anilines is 1. The van der Waals surface area contributed by atoms with Crippen molar-refractivity contribution in [1.82, 2.24) is 5.32 Å². The third-order valence-electron chi connectivity index (χ3n) is 2.16. The Hall–Kier alpha value is -1.51. The van der Waals surface area contributed by atoms with Crippen LogP contribution in [0, 0.1) is 13.8 Å². The van der Waals surface area contributed by atoms with Crippen LogP contribution in [0.5, 0.6) is 0 Å². The number of carbonyl (C=O) groups excluding carboxylic acids is 1. The van der Waals surface area contributed by atoms with Gasteiger partial charge in [-0.3, -0.25) is 4.79 Å². The molecule has 3 heteroatoms. The Labute approximate surface area is 77.9 Å². The summed E-state index contributed by atoms with van der Waals surface area (Å²) in [5.41, 5.74) is 8.94. The molecule has 0 aliphatic heterocycles. The Morgan fingerprint density at radius 2 is 2.00 bits per heavy atom. The van der Waals surface area contributed by atoms with Gasteiger partial charge in [0.1, 0.15) is 0 Å². The molecule has 1 amide bonds. The van der Waals surface area contributed by atoms with Crippen LogP contribution in [-0.2, 0) is 0 Å². The van der Waals surface area contributed by atoms with Crippen molar-refractivity contribution in [1.29, 1.82) is 0 Å². The van der Waals surface area contributed by atoms with Crippen LogP contribution in [0.3, 0.4) is 0 Å². The molecule has 3 N–H and O–H groups in total. The van der Waals surface area contributed by atoms with E-state index in [2.05, 4.69) is 5.32 Å². The van der Waals surface area contributed by atoms with Gasteiger partial charge in [0, 0.05) is 18.3 Å². The summed E-state index contributed by atoms with van der Waals surface area (Å²) in [5.74, 6) is -0.0899. The molecular formula is C10H14N2O. The highest BCUT2D eigenvalue weighted by Gasteiger charge is 2.09. The quantitative estimate of drug-likeness (QED) is 0.636. The predicted molar refractivity (Wildman–Crippen MR) is 53.7 cm³/mol. The van der Waals surface area contributed by atoms with Crippen LogP contribution in [0.2, 0.25) is 0 Å². The SMILES string of the molecule is CNC(=O)c1cc(N)cc(C)c1C. The van der Waals surface area contributed by atoms with Crippen molar-refractivity contribution in [2.75, 3.05) is 12.8 Å². The molecule has 13 heavy (non-hydrogen) atoms. The average Bonchev–Trinajstić information content (AvgIpc) is 2.10. The monoisotopic (exact) mass is 178 g/mol. The normalized spacial score (nSPS) is 9.77. The van der Waals surface area contributed by atoms with Crippen LogP contribution >= 0.6 is 0 Å². The molecule has 70 valence electrons. The van der Waals surface area contributed by atoms with E-state index in [4.69, 9.17) is 5.73 Å². The summed E-state index contributed by atoms with van der Waals surface area (Å²) in [6.45, 7) is 3.86. The second kappa shape index (κ2) is 3.47. The van der Waals surface area contributed by atoms with Crippen molar-refractivity contribution >= 4 is 11.6 Å². The summed E-state index contributed by atoms with van der Waals surface area (Å²) in [6.07, 6.45) is 0. The van der Waals surface area contributed by atoms with E-state index in [0.717, 1.165) is 11.1 Å². The van der Waals surface area contributed by atoms with Crippen molar-refractivity contribution < 1.29 is 4.79 Å². The molecule has 1 aromatic rings. The van der Waals surface area contributed by atoms with Crippen molar-refractivity contribution in [3.05, 3.63) is 28.8 Å². The summed E-state index contributed by atoms with van der Waals surface area (Å²) < 4.78 is 0. The molecule has 0 aromatic heterocycles. The van der Waals surface area contributed by atoms with Gasteiger partial charge in [-0.05, 0) is 37.1 Å². The zero-order valence-electron chi connectivity index (χ0n) is 8.14. The minimum atomic E-state index is -0.0899. The highest BCUT2D eigenvalue weighted by molar-refractivity contribution is 5.96. The number of rotatable bonds is 1. The fraction of sp³-hybridized carbons (Fsp3) is 0.300. The minimum absolute atomic E-state index is 0.0899. The van der Waals surface area contributed by atoms with Gasteiger partial charge >= 0.3 is 0 Å². The highest BCUT2D eigenvalue weighted by Crippen LogP contribution is 2.17. The lowest BCUT2D eigenvalue weighted by molar-refractivity contribution is 0.0962. The van der Waals surface area contributed by atoms with E-state index in [1.165, 1.54) is 0 Å². The Morgan fingerprint density at radius 1 is 1.38 bits per heavy atom. The Kier molecular flexibility index (Phi) is 2.56. The van der Waals surface area contributed by atoms with Crippen LogP contribution in [-0.4, -0.2) is 13.0 Å². The maximum Gasteiger partial charge on any atom is 0.251 e. The second-order valence-electron chi connectivity index (χ2n) is 3.09. The first-order valence-electron chi connectivity index (χ1n) is 4.15. The third-order valence-corrected chi connectivity index (χ3v) is 2.16. The lowest BCUT2D eigenvalue weighted by Crippen LogP contribution is -2.19. The molecule has 0 aliphatic carbocycles. The number of nitrogens with two attached hydrogens (primary N) is 1. The molecule has 1 rings (SSSR count). The number of aryl methyl sites for hydroxylation is 1. The fourth-order valence-corrected chi connectivity index (χ4v) is 1.26. The van der Waals surface area contributed by atoms with Gasteiger partial charge in [-0.2, -0.15) is 0 Å². The summed E-state index contributed by atoms with van der Waals surface area (Å²) >= 11 is 0. The zero-order chi connectivity index (χ0) is 10.0. The topological polar surface area (TPSA) is 55.1 Å². The molecule has 0 saturated carbocycles. The summed E-state index contributed by atoms with van der Waals surface area (Å²) in [6, 6.07) is 3.56. The number of hydrogen-bond acceptors (Lipinski definition) is 2. The van der Waals surface area contributed by atoms with E-state index < -0.39 is 0 Å². The Balaban J connectivity index is 3.28. The zero-order valence-corrected chi connectivity index (χ0v) is 8.14. The van der Waals surface area contributed by atoms with Gasteiger partial charge in [-0.15, -0.1) is 0 Å². The molecule has 0 heterocycles. The van der Waals surface area contributed by atoms with Gasteiger partial charge in [0.15, 0.2) is 0 Å². The number of nitrogen functional groups attached to an aromatic ring is 1. The van der Waals surface area contributed by atoms with Gasteiger partial charge in [0.2, 0.25) is 0 Å². The summed E-state index contributed by atoms with van der Waals surface area (Å²) in [7, 11) is 1.61. The number of amides is 1. The molecule has 1 aromatic carbocycles. The lowest BCUT2D eigenvalue weighted by atomic mass is 10.0. The Morgan fingerprint density at radius 3 is 2.54 bits per heavy atom. The van der Waals surface area contributed by atoms with Crippen LogP contribution in [0.1, 0.15) is 21.5 Å². The summed E-state index contributed by atoms with van der Waals surface area (Å²) in [4.78, 5) is 11.4. The first-order chi connectivity index (χ1) is 6.06. The number of hydrogen-bond donors (Lipinski definition) is 2. The van der Waals surface area contributed by atoms with Crippen molar-refractivity contribution in [3.63, 3.8) is 0 Å². The van der Waals surface area contributed by atoms with E-state index in [1.54, 1.807) is 13.1 Å². The van der Waals surface area contributed by atoms with Crippen LogP contribution in [0.15, 0.2) is 12.1 Å². The maximum atomic E-state index is 11.4. The van der Waals surface area contributed by atoms with Crippen molar-refractivity contribution in [3.8, 4) is 0 Å². The largest absolute Gasteiger partial charge is 0.399 e. The summed E-state index contributed by atoms with van der Waals surface area (Å²) in [5, 5.41) is 2.58. The van der Waals surface area contributed by atoms with Gasteiger partial charge in [0.25, 0.3) is 5.91 Å². The molecule has 0 radical (unpaired) electrons. The van der Waals surface area contributed by atoms with Gasteiger partial charge in [-0.25, -0.2) is 0 Å². The molecular weight excluding hydrogens is 164 g/mol. The minimum Gasteiger partial charge on any atom is -0.399 e. The van der Waals surface area contributed by atoms with Gasteiger partial charge < -0.3 is 11.1 Å². The van der Waals surface area contributed by atoms with Gasteiger partial charge in [0.05, 0.1) is 0 Å². The molecule has 0 fully saturated rings. The molecule has 0 spiro atoms. The lowest BCUT2D eigenvalue weighted by Gasteiger charge is -2.08. The van der Waals surface area contributed by atoms with Crippen molar-refractivity contribution in [2.45, 2.75) is 13.8 Å². The first kappa shape index (κ1) is 9.58. The standard InChI is InChI=1S/C10H14N2O/c1-6-4-8(11)5-9(7(6)2)10(13)12-3/h4-5H,11H2,1-3H3,(H,12,13). The smallest absolute Gasteiger partial charge is 0.251 e. The maximum absolute atomic E-state index is 11.4. The van der Waals surface area contributed by atoms with Crippen LogP contribution in [0.4, 0.5) is 5.69 Å². The molecule has 0 aliphatic rings. The fourth-order valence-electron chi connectivity index (χ4n) is 1.26. The highest BCUT2D eigenvalue weighted by atomic mass is 16.1. The van der Waals surface area contributed by atoms with Crippen LogP contribution in [0.25, 0.3) is 0 Å². The molecule has 3 nitrogen and oxygen atoms in total. The second-order valence-corrected chi connectivity index (χ2v) is 3.09. The Bertz CT molecular complexity index is 345. The molecule has 0 bridgehead atoms. The predicted octanol–water partition coefficient (Wildman–Crippen LogP) is 1.25. The first-order valence-corrected chi connectivity index (χ1v) is 4.15. The van der Waals surface area contributed by atoms with E-state index in [9.17, 15) is 4.79 Å². The van der Waals surface area contributed by atoms with E-state index in [-0.39, 0.29) is 5.91 Å². The number of carbonyl (C=O) groups is 1. The van der Waals surface area contributed by atoms with Crippen molar-refractivity contribution in [2.24, 2.45) is 0 Å². The molecule has 0 atom stereocenters.